The third kappa shape index (κ3) is 3.16. The lowest BCUT2D eigenvalue weighted by molar-refractivity contribution is 0.0989. The van der Waals surface area contributed by atoms with E-state index in [2.05, 4.69) is 14.9 Å². The van der Waals surface area contributed by atoms with Crippen LogP contribution in [-0.4, -0.2) is 31.1 Å². The molecular weight excluding hydrogens is 376 g/mol. The van der Waals surface area contributed by atoms with Gasteiger partial charge in [0.2, 0.25) is 0 Å². The molecule has 0 unspecified atom stereocenters. The molecule has 7 nitrogen and oxygen atoms in total. The molecular formula is C20H20N4O3S. The second kappa shape index (κ2) is 6.79. The van der Waals surface area contributed by atoms with Gasteiger partial charge in [-0.05, 0) is 56.2 Å². The van der Waals surface area contributed by atoms with Gasteiger partial charge in [0.1, 0.15) is 4.90 Å². The van der Waals surface area contributed by atoms with E-state index in [4.69, 9.17) is 0 Å². The van der Waals surface area contributed by atoms with E-state index in [1.807, 2.05) is 18.2 Å². The summed E-state index contributed by atoms with van der Waals surface area (Å²) < 4.78 is 28.1. The molecule has 8 heteroatoms. The van der Waals surface area contributed by atoms with Crippen LogP contribution >= 0.6 is 0 Å². The average molecular weight is 396 g/mol. The number of amides is 1. The molecule has 144 valence electrons. The third-order valence-electron chi connectivity index (χ3n) is 4.82. The number of sulfonamides is 1. The second-order valence-corrected chi connectivity index (χ2v) is 8.40. The van der Waals surface area contributed by atoms with Gasteiger partial charge in [0, 0.05) is 23.5 Å². The normalized spacial score (nSPS) is 13.4. The zero-order chi connectivity index (χ0) is 19.9. The molecule has 3 aromatic rings. The molecule has 0 radical (unpaired) electrons. The highest BCUT2D eigenvalue weighted by molar-refractivity contribution is 7.92. The van der Waals surface area contributed by atoms with Gasteiger partial charge in [-0.15, -0.1) is 0 Å². The van der Waals surface area contributed by atoms with Crippen LogP contribution in [0, 0.1) is 13.8 Å². The first-order valence-corrected chi connectivity index (χ1v) is 10.4. The molecule has 0 spiro atoms. The number of aryl methyl sites for hydroxylation is 2. The second-order valence-electron chi connectivity index (χ2n) is 6.78. The van der Waals surface area contributed by atoms with Crippen molar-refractivity contribution in [2.24, 2.45) is 0 Å². The van der Waals surface area contributed by atoms with Gasteiger partial charge in [0.25, 0.3) is 15.9 Å². The largest absolute Gasteiger partial charge is 0.308 e. The fraction of sp³-hybridized carbons (Fsp3) is 0.200. The van der Waals surface area contributed by atoms with Gasteiger partial charge >= 0.3 is 0 Å². The highest BCUT2D eigenvalue weighted by atomic mass is 32.2. The first-order chi connectivity index (χ1) is 13.4. The van der Waals surface area contributed by atoms with E-state index in [0.29, 0.717) is 35.6 Å². The molecule has 0 fully saturated rings. The van der Waals surface area contributed by atoms with E-state index in [1.165, 1.54) is 0 Å². The summed E-state index contributed by atoms with van der Waals surface area (Å²) in [6.45, 7) is 3.89. The monoisotopic (exact) mass is 396 g/mol. The summed E-state index contributed by atoms with van der Waals surface area (Å²) in [7, 11) is -3.75. The molecule has 0 aliphatic carbocycles. The standard InChI is InChI=1S/C20H20N4O3S/c1-13-19(14(2)22-21-13)28(26,27)23-17-8-9-18-16(12-17)10-11-24(18)20(25)15-6-4-3-5-7-15/h3-9,12,23H,10-11H2,1-2H3,(H,21,22). The van der Waals surface area contributed by atoms with Crippen LogP contribution in [-0.2, 0) is 16.4 Å². The number of carbonyl (C=O) groups is 1. The van der Waals surface area contributed by atoms with Crippen LogP contribution in [0.3, 0.4) is 0 Å². The Bertz CT molecular complexity index is 1130. The van der Waals surface area contributed by atoms with Crippen molar-refractivity contribution in [3.63, 3.8) is 0 Å². The molecule has 0 saturated heterocycles. The molecule has 4 rings (SSSR count). The summed E-state index contributed by atoms with van der Waals surface area (Å²) in [5.74, 6) is -0.0580. The van der Waals surface area contributed by atoms with E-state index < -0.39 is 10.0 Å². The van der Waals surface area contributed by atoms with Crippen LogP contribution in [0.4, 0.5) is 11.4 Å². The number of H-pyrrole nitrogens is 1. The number of benzene rings is 2. The van der Waals surface area contributed by atoms with Crippen molar-refractivity contribution in [2.75, 3.05) is 16.2 Å². The maximum Gasteiger partial charge on any atom is 0.265 e. The summed E-state index contributed by atoms with van der Waals surface area (Å²) in [6.07, 6.45) is 0.674. The van der Waals surface area contributed by atoms with E-state index >= 15 is 0 Å². The molecule has 1 aliphatic heterocycles. The Morgan fingerprint density at radius 1 is 1.14 bits per heavy atom. The number of nitrogens with zero attached hydrogens (tertiary/aromatic N) is 2. The van der Waals surface area contributed by atoms with Gasteiger partial charge in [-0.25, -0.2) is 8.42 Å². The Morgan fingerprint density at radius 2 is 1.89 bits per heavy atom. The van der Waals surface area contributed by atoms with Crippen LogP contribution in [0.15, 0.2) is 53.4 Å². The minimum atomic E-state index is -3.75. The predicted octanol–water partition coefficient (Wildman–Crippen LogP) is 3.03. The fourth-order valence-electron chi connectivity index (χ4n) is 3.56. The van der Waals surface area contributed by atoms with Crippen molar-refractivity contribution in [1.29, 1.82) is 0 Å². The number of hydrogen-bond acceptors (Lipinski definition) is 4. The fourth-order valence-corrected chi connectivity index (χ4v) is 4.98. The Hall–Kier alpha value is -3.13. The molecule has 28 heavy (non-hydrogen) atoms. The quantitative estimate of drug-likeness (QED) is 0.709. The number of fused-ring (bicyclic) bond motifs is 1. The van der Waals surface area contributed by atoms with Crippen molar-refractivity contribution >= 4 is 27.3 Å². The molecule has 2 N–H and O–H groups in total. The van der Waals surface area contributed by atoms with Gasteiger partial charge in [-0.3, -0.25) is 14.6 Å². The van der Waals surface area contributed by atoms with Gasteiger partial charge in [0.15, 0.2) is 0 Å². The number of hydrogen-bond donors (Lipinski definition) is 2. The molecule has 0 bridgehead atoms. The summed E-state index contributed by atoms with van der Waals surface area (Å²) in [5.41, 5.74) is 3.76. The van der Waals surface area contributed by atoms with E-state index in [1.54, 1.807) is 49.1 Å². The van der Waals surface area contributed by atoms with Gasteiger partial charge in [-0.1, -0.05) is 18.2 Å². The highest BCUT2D eigenvalue weighted by Gasteiger charge is 2.27. The summed E-state index contributed by atoms with van der Waals surface area (Å²) in [5, 5.41) is 6.64. The molecule has 1 aromatic heterocycles. The average Bonchev–Trinajstić information content (AvgIpc) is 3.24. The van der Waals surface area contributed by atoms with Crippen LogP contribution in [0.1, 0.15) is 27.3 Å². The van der Waals surface area contributed by atoms with Crippen molar-refractivity contribution in [1.82, 2.24) is 10.2 Å². The summed E-state index contributed by atoms with van der Waals surface area (Å²) >= 11 is 0. The lowest BCUT2D eigenvalue weighted by atomic mass is 10.1. The van der Waals surface area contributed by atoms with Crippen molar-refractivity contribution in [2.45, 2.75) is 25.2 Å². The highest BCUT2D eigenvalue weighted by Crippen LogP contribution is 2.32. The molecule has 1 amide bonds. The van der Waals surface area contributed by atoms with E-state index in [-0.39, 0.29) is 10.8 Å². The Labute approximate surface area is 163 Å². The number of carbonyl (C=O) groups excluding carboxylic acids is 1. The number of rotatable bonds is 4. The molecule has 0 atom stereocenters. The van der Waals surface area contributed by atoms with Gasteiger partial charge in [-0.2, -0.15) is 5.10 Å². The maximum absolute atomic E-state index is 12.8. The Morgan fingerprint density at radius 3 is 2.57 bits per heavy atom. The Balaban J connectivity index is 1.60. The Kier molecular flexibility index (Phi) is 4.43. The van der Waals surface area contributed by atoms with Crippen LogP contribution < -0.4 is 9.62 Å². The van der Waals surface area contributed by atoms with Crippen LogP contribution in [0.25, 0.3) is 0 Å². The topological polar surface area (TPSA) is 95.2 Å². The third-order valence-corrected chi connectivity index (χ3v) is 6.47. The first-order valence-electron chi connectivity index (χ1n) is 8.91. The number of aromatic amines is 1. The zero-order valence-electron chi connectivity index (χ0n) is 15.6. The van der Waals surface area contributed by atoms with E-state index in [0.717, 1.165) is 11.3 Å². The predicted molar refractivity (Wildman–Crippen MR) is 107 cm³/mol. The summed E-state index contributed by atoms with van der Waals surface area (Å²) in [6, 6.07) is 14.4. The van der Waals surface area contributed by atoms with Gasteiger partial charge < -0.3 is 4.90 Å². The van der Waals surface area contributed by atoms with Crippen LogP contribution in [0.5, 0.6) is 0 Å². The SMILES string of the molecule is Cc1n[nH]c(C)c1S(=O)(=O)Nc1ccc2c(c1)CCN2C(=O)c1ccccc1. The number of nitrogens with one attached hydrogen (secondary N) is 2. The lowest BCUT2D eigenvalue weighted by Gasteiger charge is -2.18. The molecule has 0 saturated carbocycles. The van der Waals surface area contributed by atoms with Crippen molar-refractivity contribution in [3.8, 4) is 0 Å². The molecule has 1 aliphatic rings. The zero-order valence-corrected chi connectivity index (χ0v) is 16.4. The van der Waals surface area contributed by atoms with Crippen molar-refractivity contribution < 1.29 is 13.2 Å². The van der Waals surface area contributed by atoms with Crippen LogP contribution in [0.2, 0.25) is 0 Å². The minimum absolute atomic E-state index is 0.0580. The molecule has 2 heterocycles. The van der Waals surface area contributed by atoms with Gasteiger partial charge in [0.05, 0.1) is 11.4 Å². The smallest absolute Gasteiger partial charge is 0.265 e. The number of aromatic nitrogens is 2. The van der Waals surface area contributed by atoms with Crippen molar-refractivity contribution in [3.05, 3.63) is 71.0 Å². The minimum Gasteiger partial charge on any atom is -0.308 e. The van der Waals surface area contributed by atoms with E-state index in [9.17, 15) is 13.2 Å². The maximum atomic E-state index is 12.8. The lowest BCUT2D eigenvalue weighted by Crippen LogP contribution is -2.28. The number of anilines is 2. The first kappa shape index (κ1) is 18.2. The molecule has 2 aromatic carbocycles. The summed E-state index contributed by atoms with van der Waals surface area (Å²) in [4.78, 5) is 14.6.